The number of hydrogen-bond acceptors (Lipinski definition) is 4. The summed E-state index contributed by atoms with van der Waals surface area (Å²) in [5.41, 5.74) is 1.40. The highest BCUT2D eigenvalue weighted by atomic mass is 16.5. The maximum absolute atomic E-state index is 12.5. The third-order valence-electron chi connectivity index (χ3n) is 4.88. The fourth-order valence-electron chi connectivity index (χ4n) is 3.35. The van der Waals surface area contributed by atoms with Crippen LogP contribution in [0.25, 0.3) is 0 Å². The Morgan fingerprint density at radius 1 is 1.14 bits per heavy atom. The van der Waals surface area contributed by atoms with Gasteiger partial charge in [-0.3, -0.25) is 9.59 Å². The summed E-state index contributed by atoms with van der Waals surface area (Å²) in [6, 6.07) is 13.9. The number of carbonyl (C=O) groups excluding carboxylic acids is 2. The fourth-order valence-corrected chi connectivity index (χ4v) is 3.35. The van der Waals surface area contributed by atoms with E-state index in [0.29, 0.717) is 31.7 Å². The van der Waals surface area contributed by atoms with Gasteiger partial charge in [-0.05, 0) is 55.7 Å². The highest BCUT2D eigenvalue weighted by Gasteiger charge is 2.24. The Bertz CT molecular complexity index is 812. The Morgan fingerprint density at radius 2 is 1.86 bits per heavy atom. The predicted octanol–water partition coefficient (Wildman–Crippen LogP) is 2.75. The molecule has 6 nitrogen and oxygen atoms in total. The zero-order valence-electron chi connectivity index (χ0n) is 16.1. The van der Waals surface area contributed by atoms with Crippen molar-refractivity contribution < 1.29 is 19.4 Å². The molecule has 1 aliphatic rings. The molecule has 28 heavy (non-hydrogen) atoms. The van der Waals surface area contributed by atoms with E-state index in [2.05, 4.69) is 5.32 Å². The molecule has 0 unspecified atom stereocenters. The van der Waals surface area contributed by atoms with Crippen molar-refractivity contribution in [3.05, 3.63) is 59.7 Å². The van der Waals surface area contributed by atoms with E-state index in [4.69, 9.17) is 4.74 Å². The highest BCUT2D eigenvalue weighted by molar-refractivity contribution is 5.94. The van der Waals surface area contributed by atoms with Gasteiger partial charge >= 0.3 is 0 Å². The summed E-state index contributed by atoms with van der Waals surface area (Å²) in [5.74, 6) is 0.779. The molecule has 0 aromatic heterocycles. The lowest BCUT2D eigenvalue weighted by molar-refractivity contribution is -0.131. The van der Waals surface area contributed by atoms with E-state index >= 15 is 0 Å². The van der Waals surface area contributed by atoms with Crippen LogP contribution in [-0.4, -0.2) is 47.6 Å². The number of nitrogens with one attached hydrogen (secondary N) is 1. The van der Waals surface area contributed by atoms with Crippen LogP contribution in [0.15, 0.2) is 48.5 Å². The van der Waals surface area contributed by atoms with E-state index < -0.39 is 0 Å². The standard InChI is InChI=1S/C22H26N2O4/c1-2-28-20-8-6-16(7-9-20)14-21(26)24-12-10-18(11-13-24)23-22(27)17-4-3-5-19(25)15-17/h3-9,15,18,25H,2,10-14H2,1H3,(H,23,27). The summed E-state index contributed by atoms with van der Waals surface area (Å²) in [4.78, 5) is 26.7. The summed E-state index contributed by atoms with van der Waals surface area (Å²) in [5, 5.41) is 12.5. The van der Waals surface area contributed by atoms with Crippen LogP contribution >= 0.6 is 0 Å². The number of phenolic OH excluding ortho intramolecular Hbond substituents is 1. The molecule has 2 amide bonds. The number of rotatable bonds is 6. The van der Waals surface area contributed by atoms with Crippen LogP contribution in [0.1, 0.15) is 35.7 Å². The number of benzene rings is 2. The molecule has 148 valence electrons. The van der Waals surface area contributed by atoms with E-state index in [-0.39, 0.29) is 23.6 Å². The average molecular weight is 382 g/mol. The van der Waals surface area contributed by atoms with Gasteiger partial charge in [-0.15, -0.1) is 0 Å². The predicted molar refractivity (Wildman–Crippen MR) is 106 cm³/mol. The van der Waals surface area contributed by atoms with Gasteiger partial charge in [0.2, 0.25) is 5.91 Å². The molecule has 0 aliphatic carbocycles. The largest absolute Gasteiger partial charge is 0.508 e. The van der Waals surface area contributed by atoms with Gasteiger partial charge in [0, 0.05) is 24.7 Å². The van der Waals surface area contributed by atoms with Crippen LogP contribution in [0.2, 0.25) is 0 Å². The number of likely N-dealkylation sites (tertiary alicyclic amines) is 1. The molecule has 0 saturated carbocycles. The van der Waals surface area contributed by atoms with Gasteiger partial charge in [-0.25, -0.2) is 0 Å². The second kappa shape index (κ2) is 9.26. The molecule has 2 aromatic carbocycles. The van der Waals surface area contributed by atoms with Gasteiger partial charge in [-0.1, -0.05) is 18.2 Å². The van der Waals surface area contributed by atoms with Crippen LogP contribution in [0.5, 0.6) is 11.5 Å². The number of piperidine rings is 1. The quantitative estimate of drug-likeness (QED) is 0.805. The third-order valence-corrected chi connectivity index (χ3v) is 4.88. The normalized spacial score (nSPS) is 14.5. The first-order valence-corrected chi connectivity index (χ1v) is 9.64. The molecule has 1 saturated heterocycles. The van der Waals surface area contributed by atoms with Crippen molar-refractivity contribution in [2.75, 3.05) is 19.7 Å². The molecule has 0 radical (unpaired) electrons. The molecule has 2 N–H and O–H groups in total. The fraction of sp³-hybridized carbons (Fsp3) is 0.364. The molecular weight excluding hydrogens is 356 g/mol. The first-order valence-electron chi connectivity index (χ1n) is 9.64. The summed E-state index contributed by atoms with van der Waals surface area (Å²) < 4.78 is 5.42. The van der Waals surface area contributed by atoms with E-state index in [1.165, 1.54) is 12.1 Å². The van der Waals surface area contributed by atoms with E-state index in [0.717, 1.165) is 24.2 Å². The number of carbonyl (C=O) groups is 2. The van der Waals surface area contributed by atoms with Crippen molar-refractivity contribution in [2.45, 2.75) is 32.2 Å². The lowest BCUT2D eigenvalue weighted by Crippen LogP contribution is -2.46. The highest BCUT2D eigenvalue weighted by Crippen LogP contribution is 2.17. The maximum Gasteiger partial charge on any atom is 0.251 e. The molecule has 1 heterocycles. The molecule has 3 rings (SSSR count). The van der Waals surface area contributed by atoms with Gasteiger partial charge in [-0.2, -0.15) is 0 Å². The molecule has 0 spiro atoms. The van der Waals surface area contributed by atoms with Crippen LogP contribution in [-0.2, 0) is 11.2 Å². The number of ether oxygens (including phenoxy) is 1. The van der Waals surface area contributed by atoms with E-state index in [1.807, 2.05) is 36.1 Å². The Labute approximate surface area is 165 Å². The average Bonchev–Trinajstić information content (AvgIpc) is 2.70. The Balaban J connectivity index is 1.46. The second-order valence-corrected chi connectivity index (χ2v) is 6.93. The van der Waals surface area contributed by atoms with Gasteiger partial charge in [0.15, 0.2) is 0 Å². The summed E-state index contributed by atoms with van der Waals surface area (Å²) in [7, 11) is 0. The molecule has 0 atom stereocenters. The van der Waals surface area contributed by atoms with Gasteiger partial charge in [0.25, 0.3) is 5.91 Å². The smallest absolute Gasteiger partial charge is 0.251 e. The number of aromatic hydroxyl groups is 1. The van der Waals surface area contributed by atoms with Crippen LogP contribution in [0.4, 0.5) is 0 Å². The number of phenols is 1. The van der Waals surface area contributed by atoms with Crippen molar-refractivity contribution in [1.29, 1.82) is 0 Å². The molecule has 6 heteroatoms. The van der Waals surface area contributed by atoms with E-state index in [9.17, 15) is 14.7 Å². The van der Waals surface area contributed by atoms with Crippen molar-refractivity contribution in [1.82, 2.24) is 10.2 Å². The summed E-state index contributed by atoms with van der Waals surface area (Å²) >= 11 is 0. The van der Waals surface area contributed by atoms with Crippen molar-refractivity contribution >= 4 is 11.8 Å². The first kappa shape index (κ1) is 19.7. The lowest BCUT2D eigenvalue weighted by atomic mass is 10.0. The van der Waals surface area contributed by atoms with Crippen molar-refractivity contribution in [2.24, 2.45) is 0 Å². The van der Waals surface area contributed by atoms with E-state index in [1.54, 1.807) is 12.1 Å². The van der Waals surface area contributed by atoms with Gasteiger partial charge < -0.3 is 20.1 Å². The molecular formula is C22H26N2O4. The third kappa shape index (κ3) is 5.25. The zero-order chi connectivity index (χ0) is 19.9. The van der Waals surface area contributed by atoms with Crippen LogP contribution < -0.4 is 10.1 Å². The molecule has 1 aliphatic heterocycles. The molecule has 2 aromatic rings. The Hall–Kier alpha value is -3.02. The minimum atomic E-state index is -0.199. The number of hydrogen-bond donors (Lipinski definition) is 2. The minimum Gasteiger partial charge on any atom is -0.508 e. The Morgan fingerprint density at radius 3 is 2.50 bits per heavy atom. The number of nitrogens with zero attached hydrogens (tertiary/aromatic N) is 1. The van der Waals surface area contributed by atoms with Crippen LogP contribution in [0.3, 0.4) is 0 Å². The summed E-state index contributed by atoms with van der Waals surface area (Å²) in [6.45, 7) is 3.81. The van der Waals surface area contributed by atoms with Crippen molar-refractivity contribution in [3.8, 4) is 11.5 Å². The van der Waals surface area contributed by atoms with Crippen LogP contribution in [0, 0.1) is 0 Å². The van der Waals surface area contributed by atoms with Crippen molar-refractivity contribution in [3.63, 3.8) is 0 Å². The van der Waals surface area contributed by atoms with Gasteiger partial charge in [0.05, 0.1) is 13.0 Å². The zero-order valence-corrected chi connectivity index (χ0v) is 16.1. The molecule has 0 bridgehead atoms. The second-order valence-electron chi connectivity index (χ2n) is 6.93. The lowest BCUT2D eigenvalue weighted by Gasteiger charge is -2.32. The topological polar surface area (TPSA) is 78.9 Å². The SMILES string of the molecule is CCOc1ccc(CC(=O)N2CCC(NC(=O)c3cccc(O)c3)CC2)cc1. The molecule has 1 fully saturated rings. The van der Waals surface area contributed by atoms with Gasteiger partial charge in [0.1, 0.15) is 11.5 Å². The maximum atomic E-state index is 12.5. The number of amides is 2. The monoisotopic (exact) mass is 382 g/mol. The minimum absolute atomic E-state index is 0.0318. The summed E-state index contributed by atoms with van der Waals surface area (Å²) in [6.07, 6.45) is 1.81. The Kier molecular flexibility index (Phi) is 6.53. The first-order chi connectivity index (χ1) is 13.5.